The van der Waals surface area contributed by atoms with Gasteiger partial charge in [-0.15, -0.1) is 0 Å². The molecule has 0 aliphatic rings. The van der Waals surface area contributed by atoms with Crippen LogP contribution in [0.3, 0.4) is 0 Å². The first-order valence-electron chi connectivity index (χ1n) is 6.19. The normalized spacial score (nSPS) is 12.4. The number of nitrogens with zero attached hydrogens (tertiary/aromatic N) is 1. The monoisotopic (exact) mass is 303 g/mol. The molecule has 0 saturated carbocycles. The molecule has 0 aliphatic heterocycles. The number of benzene rings is 1. The van der Waals surface area contributed by atoms with E-state index in [0.717, 1.165) is 12.1 Å². The van der Waals surface area contributed by atoms with E-state index in [1.54, 1.807) is 0 Å². The smallest absolute Gasteiger partial charge is 0.0453 e. The average Bonchev–Trinajstić information content (AvgIpc) is 2.35. The standard InChI is InChI=1S/C16H18BrN/c1-11-7-8-14(18-10-11)9-16(17)15-6-4-5-12(2)13(15)3/h4-8,10,16H,9H2,1-3H3. The fourth-order valence-corrected chi connectivity index (χ4v) is 2.85. The highest BCUT2D eigenvalue weighted by atomic mass is 79.9. The summed E-state index contributed by atoms with van der Waals surface area (Å²) in [6.07, 6.45) is 2.85. The minimum absolute atomic E-state index is 0.326. The molecule has 0 N–H and O–H groups in total. The summed E-state index contributed by atoms with van der Waals surface area (Å²) in [6.45, 7) is 6.40. The van der Waals surface area contributed by atoms with Crippen molar-refractivity contribution in [3.63, 3.8) is 0 Å². The van der Waals surface area contributed by atoms with E-state index in [9.17, 15) is 0 Å². The Labute approximate surface area is 117 Å². The summed E-state index contributed by atoms with van der Waals surface area (Å²) >= 11 is 3.79. The molecule has 18 heavy (non-hydrogen) atoms. The molecule has 0 saturated heterocycles. The minimum atomic E-state index is 0.326. The highest BCUT2D eigenvalue weighted by Crippen LogP contribution is 2.30. The highest BCUT2D eigenvalue weighted by molar-refractivity contribution is 9.09. The van der Waals surface area contributed by atoms with Crippen LogP contribution in [0, 0.1) is 20.8 Å². The molecule has 1 aromatic carbocycles. The molecule has 1 nitrogen and oxygen atoms in total. The van der Waals surface area contributed by atoms with Crippen molar-refractivity contribution < 1.29 is 0 Å². The Morgan fingerprint density at radius 3 is 2.56 bits per heavy atom. The van der Waals surface area contributed by atoms with Crippen LogP contribution in [-0.2, 0) is 6.42 Å². The lowest BCUT2D eigenvalue weighted by Crippen LogP contribution is -2.01. The van der Waals surface area contributed by atoms with E-state index in [1.165, 1.54) is 22.3 Å². The molecule has 0 bridgehead atoms. The number of aryl methyl sites for hydroxylation is 2. The van der Waals surface area contributed by atoms with Crippen LogP contribution >= 0.6 is 15.9 Å². The lowest BCUT2D eigenvalue weighted by atomic mass is 9.99. The topological polar surface area (TPSA) is 12.9 Å². The second kappa shape index (κ2) is 5.66. The molecule has 0 spiro atoms. The van der Waals surface area contributed by atoms with E-state index in [-0.39, 0.29) is 0 Å². The van der Waals surface area contributed by atoms with Crippen LogP contribution in [0.1, 0.15) is 32.8 Å². The molecule has 2 aromatic rings. The van der Waals surface area contributed by atoms with Crippen LogP contribution in [0.25, 0.3) is 0 Å². The first kappa shape index (κ1) is 13.3. The minimum Gasteiger partial charge on any atom is -0.261 e. The zero-order valence-electron chi connectivity index (χ0n) is 11.1. The maximum absolute atomic E-state index is 4.47. The molecule has 0 fully saturated rings. The molecule has 1 heterocycles. The van der Waals surface area contributed by atoms with Gasteiger partial charge in [-0.25, -0.2) is 0 Å². The third kappa shape index (κ3) is 2.99. The third-order valence-corrected chi connectivity index (χ3v) is 4.16. The predicted molar refractivity (Wildman–Crippen MR) is 80.3 cm³/mol. The zero-order valence-corrected chi connectivity index (χ0v) is 12.7. The van der Waals surface area contributed by atoms with Gasteiger partial charge in [0.05, 0.1) is 0 Å². The van der Waals surface area contributed by atoms with Crippen molar-refractivity contribution in [2.45, 2.75) is 32.0 Å². The summed E-state index contributed by atoms with van der Waals surface area (Å²) in [6, 6.07) is 10.7. The van der Waals surface area contributed by atoms with E-state index in [0.29, 0.717) is 4.83 Å². The molecule has 0 radical (unpaired) electrons. The lowest BCUT2D eigenvalue weighted by Gasteiger charge is -2.14. The van der Waals surface area contributed by atoms with E-state index < -0.39 is 0 Å². The van der Waals surface area contributed by atoms with Crippen molar-refractivity contribution in [2.24, 2.45) is 0 Å². The van der Waals surface area contributed by atoms with E-state index in [2.05, 4.69) is 72.0 Å². The average molecular weight is 304 g/mol. The van der Waals surface area contributed by atoms with Crippen molar-refractivity contribution in [1.82, 2.24) is 4.98 Å². The number of hydrogen-bond acceptors (Lipinski definition) is 1. The first-order chi connectivity index (χ1) is 8.58. The number of rotatable bonds is 3. The zero-order chi connectivity index (χ0) is 13.1. The van der Waals surface area contributed by atoms with Crippen LogP contribution in [0.2, 0.25) is 0 Å². The van der Waals surface area contributed by atoms with Crippen LogP contribution < -0.4 is 0 Å². The number of aromatic nitrogens is 1. The number of alkyl halides is 1. The van der Waals surface area contributed by atoms with Gasteiger partial charge in [0.2, 0.25) is 0 Å². The summed E-state index contributed by atoms with van der Waals surface area (Å²) in [5, 5.41) is 0. The Kier molecular flexibility index (Phi) is 4.18. The maximum atomic E-state index is 4.47. The van der Waals surface area contributed by atoms with Gasteiger partial charge in [0.15, 0.2) is 0 Å². The van der Waals surface area contributed by atoms with E-state index >= 15 is 0 Å². The molecule has 1 unspecified atom stereocenters. The van der Waals surface area contributed by atoms with Crippen molar-refractivity contribution in [1.29, 1.82) is 0 Å². The fourth-order valence-electron chi connectivity index (χ4n) is 2.03. The molecule has 94 valence electrons. The SMILES string of the molecule is Cc1ccc(CC(Br)c2cccc(C)c2C)nc1. The summed E-state index contributed by atoms with van der Waals surface area (Å²) in [5.74, 6) is 0. The van der Waals surface area contributed by atoms with Gasteiger partial charge in [-0.05, 0) is 49.1 Å². The highest BCUT2D eigenvalue weighted by Gasteiger charge is 2.12. The summed E-state index contributed by atoms with van der Waals surface area (Å²) in [5.41, 5.74) is 6.40. The first-order valence-corrected chi connectivity index (χ1v) is 7.11. The van der Waals surface area contributed by atoms with Crippen LogP contribution in [0.4, 0.5) is 0 Å². The van der Waals surface area contributed by atoms with Gasteiger partial charge in [-0.2, -0.15) is 0 Å². The number of hydrogen-bond donors (Lipinski definition) is 0. The molecular weight excluding hydrogens is 286 g/mol. The Morgan fingerprint density at radius 2 is 1.89 bits per heavy atom. The van der Waals surface area contributed by atoms with Crippen molar-refractivity contribution >= 4 is 15.9 Å². The van der Waals surface area contributed by atoms with Crippen LogP contribution in [0.5, 0.6) is 0 Å². The van der Waals surface area contributed by atoms with Gasteiger partial charge in [-0.3, -0.25) is 4.98 Å². The van der Waals surface area contributed by atoms with Crippen molar-refractivity contribution in [3.05, 3.63) is 64.5 Å². The Balaban J connectivity index is 2.19. The second-order valence-corrected chi connectivity index (χ2v) is 5.89. The molecule has 2 rings (SSSR count). The summed E-state index contributed by atoms with van der Waals surface area (Å²) < 4.78 is 0. The molecule has 2 heteroatoms. The van der Waals surface area contributed by atoms with Gasteiger partial charge in [0, 0.05) is 23.1 Å². The fraction of sp³-hybridized carbons (Fsp3) is 0.312. The summed E-state index contributed by atoms with van der Waals surface area (Å²) in [7, 11) is 0. The number of pyridine rings is 1. The van der Waals surface area contributed by atoms with Crippen molar-refractivity contribution in [3.8, 4) is 0 Å². The maximum Gasteiger partial charge on any atom is 0.0453 e. The van der Waals surface area contributed by atoms with Crippen LogP contribution in [0.15, 0.2) is 36.5 Å². The molecule has 1 aromatic heterocycles. The van der Waals surface area contributed by atoms with E-state index in [4.69, 9.17) is 0 Å². The Hall–Kier alpha value is -1.15. The second-order valence-electron chi connectivity index (χ2n) is 4.79. The van der Waals surface area contributed by atoms with Gasteiger partial charge in [0.1, 0.15) is 0 Å². The largest absolute Gasteiger partial charge is 0.261 e. The van der Waals surface area contributed by atoms with Gasteiger partial charge in [-0.1, -0.05) is 40.2 Å². The van der Waals surface area contributed by atoms with Gasteiger partial charge < -0.3 is 0 Å². The Bertz CT molecular complexity index is 531. The van der Waals surface area contributed by atoms with E-state index in [1.807, 2.05) is 6.20 Å². The quantitative estimate of drug-likeness (QED) is 0.750. The molecule has 1 atom stereocenters. The third-order valence-electron chi connectivity index (χ3n) is 3.34. The van der Waals surface area contributed by atoms with Gasteiger partial charge >= 0.3 is 0 Å². The van der Waals surface area contributed by atoms with Gasteiger partial charge in [0.25, 0.3) is 0 Å². The summed E-state index contributed by atoms with van der Waals surface area (Å²) in [4.78, 5) is 4.79. The number of halogens is 1. The molecule has 0 aliphatic carbocycles. The lowest BCUT2D eigenvalue weighted by molar-refractivity contribution is 0.893. The van der Waals surface area contributed by atoms with Crippen molar-refractivity contribution in [2.75, 3.05) is 0 Å². The predicted octanol–water partition coefficient (Wildman–Crippen LogP) is 4.69. The molecular formula is C16H18BrN. The Morgan fingerprint density at radius 1 is 1.11 bits per heavy atom. The van der Waals surface area contributed by atoms with Crippen LogP contribution in [-0.4, -0.2) is 4.98 Å². The molecule has 0 amide bonds.